The monoisotopic (exact) mass is 286 g/mol. The molecule has 0 atom stereocenters. The van der Waals surface area contributed by atoms with Gasteiger partial charge in [0.25, 0.3) is 0 Å². The van der Waals surface area contributed by atoms with Crippen molar-refractivity contribution in [3.8, 4) is 0 Å². The molecule has 1 aromatic heterocycles. The van der Waals surface area contributed by atoms with Gasteiger partial charge in [-0.3, -0.25) is 10.1 Å². The van der Waals surface area contributed by atoms with Gasteiger partial charge in [0.1, 0.15) is 6.33 Å². The van der Waals surface area contributed by atoms with Crippen LogP contribution in [0.15, 0.2) is 6.33 Å². The van der Waals surface area contributed by atoms with Gasteiger partial charge in [0.2, 0.25) is 11.0 Å². The molecule has 0 amide bonds. The molecule has 1 heterocycles. The maximum atomic E-state index is 11.0. The predicted octanol–water partition coefficient (Wildman–Crippen LogP) is 1.78. The highest BCUT2D eigenvalue weighted by Crippen LogP contribution is 2.34. The van der Waals surface area contributed by atoms with E-state index in [2.05, 4.69) is 9.97 Å². The van der Waals surface area contributed by atoms with E-state index in [0.29, 0.717) is 19.4 Å². The number of rotatable bonds is 4. The molecule has 104 valence electrons. The fourth-order valence-electron chi connectivity index (χ4n) is 2.49. The molecular formula is C11H15ClN4O3. The van der Waals surface area contributed by atoms with Crippen LogP contribution >= 0.6 is 11.6 Å². The van der Waals surface area contributed by atoms with Crippen LogP contribution in [0.25, 0.3) is 0 Å². The number of nitro groups is 1. The Morgan fingerprint density at radius 2 is 2.16 bits per heavy atom. The number of aliphatic hydroxyl groups is 1. The minimum atomic E-state index is -0.806. The summed E-state index contributed by atoms with van der Waals surface area (Å²) in [4.78, 5) is 19.5. The lowest BCUT2D eigenvalue weighted by atomic mass is 10.0. The second kappa shape index (κ2) is 5.26. The number of hydrogen-bond acceptors (Lipinski definition) is 6. The molecule has 1 aliphatic rings. The first-order chi connectivity index (χ1) is 8.93. The summed E-state index contributed by atoms with van der Waals surface area (Å²) in [6, 6.07) is 0. The molecule has 19 heavy (non-hydrogen) atoms. The minimum absolute atomic E-state index is 0.130. The molecule has 0 spiro atoms. The van der Waals surface area contributed by atoms with Crippen molar-refractivity contribution >= 4 is 23.1 Å². The third-order valence-electron chi connectivity index (χ3n) is 3.37. The number of anilines is 1. The van der Waals surface area contributed by atoms with Gasteiger partial charge >= 0.3 is 5.69 Å². The van der Waals surface area contributed by atoms with Gasteiger partial charge in [0.05, 0.1) is 10.5 Å². The molecule has 2 rings (SSSR count). The number of halogens is 1. The highest BCUT2D eigenvalue weighted by atomic mass is 35.5. The predicted molar refractivity (Wildman–Crippen MR) is 70.4 cm³/mol. The van der Waals surface area contributed by atoms with Crippen molar-refractivity contribution < 1.29 is 10.0 Å². The first-order valence-electron chi connectivity index (χ1n) is 6.01. The molecule has 1 aromatic rings. The van der Waals surface area contributed by atoms with Gasteiger partial charge in [-0.2, -0.15) is 0 Å². The van der Waals surface area contributed by atoms with E-state index >= 15 is 0 Å². The maximum absolute atomic E-state index is 11.0. The summed E-state index contributed by atoms with van der Waals surface area (Å²) in [5.74, 6) is 0.130. The van der Waals surface area contributed by atoms with Crippen molar-refractivity contribution in [1.29, 1.82) is 0 Å². The second-order valence-corrected chi connectivity index (χ2v) is 5.24. The number of likely N-dealkylation sites (N-methyl/N-ethyl adjacent to an activating group) is 1. The van der Waals surface area contributed by atoms with Gasteiger partial charge in [-0.15, -0.1) is 0 Å². The van der Waals surface area contributed by atoms with Crippen LogP contribution in [0.1, 0.15) is 25.7 Å². The summed E-state index contributed by atoms with van der Waals surface area (Å²) in [7, 11) is 1.65. The van der Waals surface area contributed by atoms with E-state index in [4.69, 9.17) is 11.6 Å². The molecular weight excluding hydrogens is 272 g/mol. The smallest absolute Gasteiger partial charge is 0.348 e. The van der Waals surface area contributed by atoms with Crippen molar-refractivity contribution in [2.24, 2.45) is 0 Å². The third kappa shape index (κ3) is 2.93. The van der Waals surface area contributed by atoms with Crippen LogP contribution in [-0.4, -0.2) is 39.2 Å². The van der Waals surface area contributed by atoms with Crippen LogP contribution in [0.3, 0.4) is 0 Å². The minimum Gasteiger partial charge on any atom is -0.388 e. The van der Waals surface area contributed by atoms with Gasteiger partial charge in [0, 0.05) is 13.6 Å². The fraction of sp³-hybridized carbons (Fsp3) is 0.636. The average molecular weight is 287 g/mol. The molecule has 1 aliphatic carbocycles. The van der Waals surface area contributed by atoms with Crippen LogP contribution < -0.4 is 4.90 Å². The van der Waals surface area contributed by atoms with Gasteiger partial charge in [-0.05, 0) is 12.8 Å². The van der Waals surface area contributed by atoms with Crippen LogP contribution in [0.4, 0.5) is 11.5 Å². The van der Waals surface area contributed by atoms with E-state index in [1.807, 2.05) is 0 Å². The highest BCUT2D eigenvalue weighted by Gasteiger charge is 2.34. The number of aromatic nitrogens is 2. The fourth-order valence-corrected chi connectivity index (χ4v) is 2.69. The normalized spacial score (nSPS) is 17.4. The summed E-state index contributed by atoms with van der Waals surface area (Å²) in [6.45, 7) is 0.293. The lowest BCUT2D eigenvalue weighted by molar-refractivity contribution is -0.384. The van der Waals surface area contributed by atoms with Crippen molar-refractivity contribution in [2.75, 3.05) is 18.5 Å². The Labute approximate surface area is 115 Å². The Hall–Kier alpha value is -1.47. The summed E-state index contributed by atoms with van der Waals surface area (Å²) >= 11 is 5.74. The lowest BCUT2D eigenvalue weighted by Gasteiger charge is -2.28. The maximum Gasteiger partial charge on any atom is 0.348 e. The van der Waals surface area contributed by atoms with E-state index in [9.17, 15) is 15.2 Å². The second-order valence-electron chi connectivity index (χ2n) is 4.88. The van der Waals surface area contributed by atoms with Crippen LogP contribution in [0.2, 0.25) is 5.15 Å². The van der Waals surface area contributed by atoms with E-state index in [-0.39, 0.29) is 16.7 Å². The standard InChI is InChI=1S/C11H15ClN4O3/c1-15(6-11(17)4-2-3-5-11)10-8(16(18)19)9(12)13-7-14-10/h7,17H,2-6H2,1H3. The Morgan fingerprint density at radius 1 is 1.53 bits per heavy atom. The van der Waals surface area contributed by atoms with Gasteiger partial charge in [-0.1, -0.05) is 24.4 Å². The van der Waals surface area contributed by atoms with Gasteiger partial charge in [0.15, 0.2) is 0 Å². The van der Waals surface area contributed by atoms with E-state index in [0.717, 1.165) is 12.8 Å². The Balaban J connectivity index is 2.26. The van der Waals surface area contributed by atoms with E-state index in [1.54, 1.807) is 11.9 Å². The van der Waals surface area contributed by atoms with Gasteiger partial charge in [-0.25, -0.2) is 9.97 Å². The van der Waals surface area contributed by atoms with E-state index in [1.165, 1.54) is 6.33 Å². The molecule has 0 radical (unpaired) electrons. The van der Waals surface area contributed by atoms with Crippen molar-refractivity contribution in [3.63, 3.8) is 0 Å². The summed E-state index contributed by atoms with van der Waals surface area (Å²) < 4.78 is 0. The largest absolute Gasteiger partial charge is 0.388 e. The molecule has 1 fully saturated rings. The average Bonchev–Trinajstić information content (AvgIpc) is 2.74. The summed E-state index contributed by atoms with van der Waals surface area (Å²) in [5.41, 5.74) is -1.13. The molecule has 0 bridgehead atoms. The third-order valence-corrected chi connectivity index (χ3v) is 3.64. The van der Waals surface area contributed by atoms with Crippen molar-refractivity contribution in [2.45, 2.75) is 31.3 Å². The van der Waals surface area contributed by atoms with Gasteiger partial charge < -0.3 is 10.0 Å². The van der Waals surface area contributed by atoms with Crippen molar-refractivity contribution in [3.05, 3.63) is 21.6 Å². The van der Waals surface area contributed by atoms with Crippen LogP contribution in [0.5, 0.6) is 0 Å². The topological polar surface area (TPSA) is 92.4 Å². The summed E-state index contributed by atoms with van der Waals surface area (Å²) in [6.07, 6.45) is 4.52. The first kappa shape index (κ1) is 14.0. The lowest BCUT2D eigenvalue weighted by Crippen LogP contribution is -2.39. The first-order valence-corrected chi connectivity index (χ1v) is 6.39. The zero-order valence-electron chi connectivity index (χ0n) is 10.5. The zero-order chi connectivity index (χ0) is 14.0. The Kier molecular flexibility index (Phi) is 3.86. The molecule has 0 aliphatic heterocycles. The molecule has 0 aromatic carbocycles. The Morgan fingerprint density at radius 3 is 2.74 bits per heavy atom. The molecule has 1 N–H and O–H groups in total. The quantitative estimate of drug-likeness (QED) is 0.515. The molecule has 7 nitrogen and oxygen atoms in total. The number of hydrogen-bond donors (Lipinski definition) is 1. The summed E-state index contributed by atoms with van der Waals surface area (Å²) in [5, 5.41) is 21.2. The number of nitrogens with zero attached hydrogens (tertiary/aromatic N) is 4. The molecule has 8 heteroatoms. The Bertz CT molecular complexity index is 491. The highest BCUT2D eigenvalue weighted by molar-refractivity contribution is 6.31. The van der Waals surface area contributed by atoms with Crippen molar-refractivity contribution in [1.82, 2.24) is 9.97 Å². The van der Waals surface area contributed by atoms with Crippen LogP contribution in [0, 0.1) is 10.1 Å². The molecule has 0 saturated heterocycles. The zero-order valence-corrected chi connectivity index (χ0v) is 11.3. The van der Waals surface area contributed by atoms with E-state index < -0.39 is 10.5 Å². The van der Waals surface area contributed by atoms with Crippen LogP contribution in [-0.2, 0) is 0 Å². The molecule has 1 saturated carbocycles. The SMILES string of the molecule is CN(CC1(O)CCCC1)c1ncnc(Cl)c1[N+](=O)[O-]. The molecule has 0 unspecified atom stereocenters.